The fourth-order valence-corrected chi connectivity index (χ4v) is 2.85. The van der Waals surface area contributed by atoms with Crippen LogP contribution in [-0.4, -0.2) is 11.6 Å². The van der Waals surface area contributed by atoms with Crippen LogP contribution in [0.2, 0.25) is 0 Å². The molecule has 0 bridgehead atoms. The second-order valence-electron chi connectivity index (χ2n) is 4.46. The molecule has 1 aliphatic rings. The normalized spacial score (nSPS) is 17.8. The van der Waals surface area contributed by atoms with Crippen molar-refractivity contribution in [2.75, 3.05) is 6.61 Å². The van der Waals surface area contributed by atoms with E-state index in [2.05, 4.69) is 4.98 Å². The molecule has 0 amide bonds. The Morgan fingerprint density at radius 3 is 2.88 bits per heavy atom. The van der Waals surface area contributed by atoms with Gasteiger partial charge in [-0.05, 0) is 18.8 Å². The quantitative estimate of drug-likeness (QED) is 0.861. The second kappa shape index (κ2) is 6.33. The summed E-state index contributed by atoms with van der Waals surface area (Å²) >= 11 is 1.62. The number of thiazole rings is 1. The SMILES string of the molecule is NCc1nc(COCC2CCCCC2)cs1. The van der Waals surface area contributed by atoms with E-state index < -0.39 is 0 Å². The van der Waals surface area contributed by atoms with E-state index in [-0.39, 0.29) is 0 Å². The summed E-state index contributed by atoms with van der Waals surface area (Å²) in [6.45, 7) is 2.08. The van der Waals surface area contributed by atoms with Gasteiger partial charge in [0.25, 0.3) is 0 Å². The molecule has 2 N–H and O–H groups in total. The molecule has 0 aromatic carbocycles. The minimum Gasteiger partial charge on any atom is -0.375 e. The van der Waals surface area contributed by atoms with Crippen molar-refractivity contribution in [3.63, 3.8) is 0 Å². The topological polar surface area (TPSA) is 48.1 Å². The fraction of sp³-hybridized carbons (Fsp3) is 0.750. The summed E-state index contributed by atoms with van der Waals surface area (Å²) in [5, 5.41) is 3.04. The molecule has 0 radical (unpaired) electrons. The van der Waals surface area contributed by atoms with Crippen LogP contribution in [0.5, 0.6) is 0 Å². The van der Waals surface area contributed by atoms with Crippen LogP contribution in [0, 0.1) is 5.92 Å². The van der Waals surface area contributed by atoms with Crippen LogP contribution in [0.3, 0.4) is 0 Å². The van der Waals surface area contributed by atoms with Crippen LogP contribution in [0.15, 0.2) is 5.38 Å². The second-order valence-corrected chi connectivity index (χ2v) is 5.40. The lowest BCUT2D eigenvalue weighted by molar-refractivity contribution is 0.0722. The Kier molecular flexibility index (Phi) is 4.75. The van der Waals surface area contributed by atoms with Gasteiger partial charge in [0.2, 0.25) is 0 Å². The molecule has 2 rings (SSSR count). The number of hydrogen-bond acceptors (Lipinski definition) is 4. The number of rotatable bonds is 5. The summed E-state index contributed by atoms with van der Waals surface area (Å²) < 4.78 is 5.72. The summed E-state index contributed by atoms with van der Waals surface area (Å²) in [6.07, 6.45) is 6.84. The molecule has 1 fully saturated rings. The first-order valence-corrected chi connectivity index (χ1v) is 6.97. The van der Waals surface area contributed by atoms with Crippen LogP contribution in [0.4, 0.5) is 0 Å². The molecule has 0 aliphatic heterocycles. The summed E-state index contributed by atoms with van der Waals surface area (Å²) in [5.74, 6) is 0.779. The van der Waals surface area contributed by atoms with E-state index in [9.17, 15) is 0 Å². The van der Waals surface area contributed by atoms with Crippen molar-refractivity contribution in [1.82, 2.24) is 4.98 Å². The molecule has 0 atom stereocenters. The van der Waals surface area contributed by atoms with Crippen molar-refractivity contribution < 1.29 is 4.74 Å². The van der Waals surface area contributed by atoms with Gasteiger partial charge in [0.15, 0.2) is 0 Å². The molecule has 0 spiro atoms. The Bertz CT molecular complexity index is 308. The largest absolute Gasteiger partial charge is 0.375 e. The standard InChI is InChI=1S/C12H20N2OS/c13-6-12-14-11(9-16-12)8-15-7-10-4-2-1-3-5-10/h9-10H,1-8,13H2. The van der Waals surface area contributed by atoms with Gasteiger partial charge in [0.05, 0.1) is 12.3 Å². The molecule has 1 heterocycles. The van der Waals surface area contributed by atoms with Gasteiger partial charge in [-0.25, -0.2) is 4.98 Å². The average Bonchev–Trinajstić information content (AvgIpc) is 2.78. The Labute approximate surface area is 101 Å². The van der Waals surface area contributed by atoms with Gasteiger partial charge >= 0.3 is 0 Å². The van der Waals surface area contributed by atoms with Crippen molar-refractivity contribution in [3.05, 3.63) is 16.1 Å². The van der Waals surface area contributed by atoms with E-state index >= 15 is 0 Å². The van der Waals surface area contributed by atoms with E-state index in [1.165, 1.54) is 32.1 Å². The molecule has 1 aromatic heterocycles. The van der Waals surface area contributed by atoms with Crippen molar-refractivity contribution in [2.24, 2.45) is 11.7 Å². The maximum Gasteiger partial charge on any atom is 0.107 e. The summed E-state index contributed by atoms with van der Waals surface area (Å²) in [4.78, 5) is 4.38. The average molecular weight is 240 g/mol. The van der Waals surface area contributed by atoms with Crippen LogP contribution >= 0.6 is 11.3 Å². The predicted octanol–water partition coefficient (Wildman–Crippen LogP) is 2.70. The molecular weight excluding hydrogens is 220 g/mol. The van der Waals surface area contributed by atoms with E-state index in [1.54, 1.807) is 11.3 Å². The Hall–Kier alpha value is -0.450. The van der Waals surface area contributed by atoms with E-state index in [1.807, 2.05) is 5.38 Å². The zero-order chi connectivity index (χ0) is 11.2. The van der Waals surface area contributed by atoms with Gasteiger partial charge in [-0.3, -0.25) is 0 Å². The minimum atomic E-state index is 0.535. The Morgan fingerprint density at radius 2 is 2.19 bits per heavy atom. The third-order valence-corrected chi connectivity index (χ3v) is 4.02. The van der Waals surface area contributed by atoms with E-state index in [4.69, 9.17) is 10.5 Å². The minimum absolute atomic E-state index is 0.535. The van der Waals surface area contributed by atoms with Gasteiger partial charge < -0.3 is 10.5 Å². The van der Waals surface area contributed by atoms with Gasteiger partial charge in [0.1, 0.15) is 5.01 Å². The lowest BCUT2D eigenvalue weighted by atomic mass is 9.90. The molecule has 0 unspecified atom stereocenters. The number of aromatic nitrogens is 1. The molecule has 3 nitrogen and oxygen atoms in total. The first kappa shape index (κ1) is 12.0. The van der Waals surface area contributed by atoms with Gasteiger partial charge in [-0.15, -0.1) is 11.3 Å². The highest BCUT2D eigenvalue weighted by atomic mass is 32.1. The highest BCUT2D eigenvalue weighted by Gasteiger charge is 2.13. The first-order valence-electron chi connectivity index (χ1n) is 6.09. The third kappa shape index (κ3) is 3.54. The Balaban J connectivity index is 1.66. The Morgan fingerprint density at radius 1 is 1.38 bits per heavy atom. The van der Waals surface area contributed by atoms with Crippen molar-refractivity contribution in [3.8, 4) is 0 Å². The van der Waals surface area contributed by atoms with Crippen molar-refractivity contribution in [2.45, 2.75) is 45.3 Å². The molecule has 1 aromatic rings. The fourth-order valence-electron chi connectivity index (χ4n) is 2.19. The zero-order valence-corrected chi connectivity index (χ0v) is 10.5. The zero-order valence-electron chi connectivity index (χ0n) is 9.65. The van der Waals surface area contributed by atoms with Gasteiger partial charge in [0, 0.05) is 18.5 Å². The van der Waals surface area contributed by atoms with E-state index in [0.29, 0.717) is 13.2 Å². The number of hydrogen-bond donors (Lipinski definition) is 1. The van der Waals surface area contributed by atoms with E-state index in [0.717, 1.165) is 23.2 Å². The summed E-state index contributed by atoms with van der Waals surface area (Å²) in [6, 6.07) is 0. The summed E-state index contributed by atoms with van der Waals surface area (Å²) in [5.41, 5.74) is 6.54. The molecule has 1 saturated carbocycles. The first-order chi connectivity index (χ1) is 7.88. The number of ether oxygens (including phenoxy) is 1. The molecule has 1 aliphatic carbocycles. The lowest BCUT2D eigenvalue weighted by Gasteiger charge is -2.20. The van der Waals surface area contributed by atoms with Gasteiger partial charge in [-0.1, -0.05) is 19.3 Å². The monoisotopic (exact) mass is 240 g/mol. The number of nitrogens with zero attached hydrogens (tertiary/aromatic N) is 1. The molecule has 0 saturated heterocycles. The van der Waals surface area contributed by atoms with Gasteiger partial charge in [-0.2, -0.15) is 0 Å². The van der Waals surface area contributed by atoms with Crippen LogP contribution in [0.1, 0.15) is 42.8 Å². The third-order valence-electron chi connectivity index (χ3n) is 3.10. The smallest absolute Gasteiger partial charge is 0.107 e. The molecular formula is C12H20N2OS. The predicted molar refractivity (Wildman–Crippen MR) is 66.2 cm³/mol. The highest BCUT2D eigenvalue weighted by Crippen LogP contribution is 2.24. The summed E-state index contributed by atoms with van der Waals surface area (Å²) in [7, 11) is 0. The molecule has 90 valence electrons. The number of nitrogens with two attached hydrogens (primary N) is 1. The highest BCUT2D eigenvalue weighted by molar-refractivity contribution is 7.09. The van der Waals surface area contributed by atoms with Crippen molar-refractivity contribution in [1.29, 1.82) is 0 Å². The van der Waals surface area contributed by atoms with Crippen LogP contribution < -0.4 is 5.73 Å². The molecule has 4 heteroatoms. The maximum atomic E-state index is 5.72. The van der Waals surface area contributed by atoms with Crippen LogP contribution in [0.25, 0.3) is 0 Å². The maximum absolute atomic E-state index is 5.72. The molecule has 16 heavy (non-hydrogen) atoms. The van der Waals surface area contributed by atoms with Crippen LogP contribution in [-0.2, 0) is 17.9 Å². The lowest BCUT2D eigenvalue weighted by Crippen LogP contribution is -2.13. The van der Waals surface area contributed by atoms with Crippen molar-refractivity contribution >= 4 is 11.3 Å².